The fourth-order valence-electron chi connectivity index (χ4n) is 0.986. The van der Waals surface area contributed by atoms with Gasteiger partial charge in [0.1, 0.15) is 4.83 Å². The largest absolute Gasteiger partial charge is 0.326 e. The molecule has 0 saturated carbocycles. The van der Waals surface area contributed by atoms with Crippen LogP contribution in [0.15, 0.2) is 18.3 Å². The third-order valence-corrected chi connectivity index (χ3v) is 2.87. The van der Waals surface area contributed by atoms with Crippen LogP contribution >= 0.6 is 22.9 Å². The molecular weight excluding hydrogens is 212 g/mol. The number of thiophene rings is 1. The Morgan fingerprint density at radius 1 is 1.62 bits per heavy atom. The Kier molecular flexibility index (Phi) is 1.90. The average Bonchev–Trinajstić information content (AvgIpc) is 2.49. The SMILES string of the molecule is O=[N+]([O-])c1cc2c(Cl)ccnc2s1. The van der Waals surface area contributed by atoms with E-state index in [9.17, 15) is 10.1 Å². The number of rotatable bonds is 1. The highest BCUT2D eigenvalue weighted by molar-refractivity contribution is 7.21. The number of aromatic nitrogens is 1. The van der Waals surface area contributed by atoms with Gasteiger partial charge in [-0.15, -0.1) is 0 Å². The van der Waals surface area contributed by atoms with Crippen LogP contribution in [-0.4, -0.2) is 9.91 Å². The van der Waals surface area contributed by atoms with Crippen molar-refractivity contribution in [3.05, 3.63) is 33.5 Å². The molecule has 0 fully saturated rings. The highest BCUT2D eigenvalue weighted by Crippen LogP contribution is 2.33. The van der Waals surface area contributed by atoms with E-state index in [1.165, 1.54) is 12.3 Å². The summed E-state index contributed by atoms with van der Waals surface area (Å²) in [4.78, 5) is 14.6. The van der Waals surface area contributed by atoms with Crippen LogP contribution in [0.25, 0.3) is 10.2 Å². The van der Waals surface area contributed by atoms with Gasteiger partial charge in [0, 0.05) is 17.6 Å². The second kappa shape index (κ2) is 2.93. The summed E-state index contributed by atoms with van der Waals surface area (Å²) in [5.41, 5.74) is 0. The molecular formula is C7H3ClN2O2S. The van der Waals surface area contributed by atoms with Crippen molar-refractivity contribution in [3.8, 4) is 0 Å². The molecule has 0 aliphatic heterocycles. The highest BCUT2D eigenvalue weighted by atomic mass is 35.5. The first-order valence-electron chi connectivity index (χ1n) is 3.37. The maximum atomic E-state index is 10.4. The van der Waals surface area contributed by atoms with Gasteiger partial charge in [0.25, 0.3) is 0 Å². The molecule has 13 heavy (non-hydrogen) atoms. The monoisotopic (exact) mass is 214 g/mol. The molecule has 2 rings (SSSR count). The van der Waals surface area contributed by atoms with E-state index in [2.05, 4.69) is 4.98 Å². The van der Waals surface area contributed by atoms with Crippen LogP contribution in [0, 0.1) is 10.1 Å². The van der Waals surface area contributed by atoms with Crippen LogP contribution < -0.4 is 0 Å². The lowest BCUT2D eigenvalue weighted by molar-refractivity contribution is -0.380. The first-order chi connectivity index (χ1) is 6.18. The van der Waals surface area contributed by atoms with E-state index in [0.29, 0.717) is 15.2 Å². The van der Waals surface area contributed by atoms with Gasteiger partial charge in [-0.05, 0) is 17.4 Å². The van der Waals surface area contributed by atoms with Gasteiger partial charge in [-0.1, -0.05) is 11.6 Å². The molecule has 0 aromatic carbocycles. The van der Waals surface area contributed by atoms with Gasteiger partial charge >= 0.3 is 5.00 Å². The summed E-state index contributed by atoms with van der Waals surface area (Å²) in [6.07, 6.45) is 1.53. The van der Waals surface area contributed by atoms with Gasteiger partial charge in [-0.3, -0.25) is 10.1 Å². The number of pyridine rings is 1. The van der Waals surface area contributed by atoms with Gasteiger partial charge in [0.15, 0.2) is 0 Å². The lowest BCUT2D eigenvalue weighted by Gasteiger charge is -1.87. The molecule has 0 unspecified atom stereocenters. The van der Waals surface area contributed by atoms with E-state index in [4.69, 9.17) is 11.6 Å². The van der Waals surface area contributed by atoms with Gasteiger partial charge < -0.3 is 0 Å². The molecule has 0 atom stereocenters. The Bertz CT molecular complexity index is 482. The highest BCUT2D eigenvalue weighted by Gasteiger charge is 2.13. The van der Waals surface area contributed by atoms with Crippen LogP contribution in [-0.2, 0) is 0 Å². The van der Waals surface area contributed by atoms with Crippen LogP contribution in [0.4, 0.5) is 5.00 Å². The Hall–Kier alpha value is -1.20. The zero-order valence-corrected chi connectivity index (χ0v) is 7.80. The summed E-state index contributed by atoms with van der Waals surface area (Å²) in [6.45, 7) is 0. The van der Waals surface area contributed by atoms with Gasteiger partial charge in [0.2, 0.25) is 0 Å². The third kappa shape index (κ3) is 1.36. The normalized spacial score (nSPS) is 10.5. The van der Waals surface area contributed by atoms with Gasteiger partial charge in [-0.2, -0.15) is 0 Å². The maximum absolute atomic E-state index is 10.4. The summed E-state index contributed by atoms with van der Waals surface area (Å²) in [7, 11) is 0. The minimum absolute atomic E-state index is 0.0654. The summed E-state index contributed by atoms with van der Waals surface area (Å²) in [5, 5.41) is 11.6. The Balaban J connectivity index is 2.75. The smallest absolute Gasteiger partial charge is 0.258 e. The topological polar surface area (TPSA) is 56.0 Å². The number of hydrogen-bond donors (Lipinski definition) is 0. The molecule has 66 valence electrons. The van der Waals surface area contributed by atoms with Gasteiger partial charge in [-0.25, -0.2) is 4.98 Å². The van der Waals surface area contributed by atoms with E-state index in [-0.39, 0.29) is 5.00 Å². The number of hydrogen-bond acceptors (Lipinski definition) is 4. The molecule has 0 aliphatic rings. The van der Waals surface area contributed by atoms with Crippen molar-refractivity contribution >= 4 is 38.2 Å². The van der Waals surface area contributed by atoms with Crippen LogP contribution in [0.1, 0.15) is 0 Å². The molecule has 0 bridgehead atoms. The van der Waals surface area contributed by atoms with Crippen molar-refractivity contribution in [2.75, 3.05) is 0 Å². The molecule has 2 aromatic heterocycles. The Morgan fingerprint density at radius 2 is 2.38 bits per heavy atom. The predicted molar refractivity (Wildman–Crippen MR) is 51.3 cm³/mol. The summed E-state index contributed by atoms with van der Waals surface area (Å²) in [5.74, 6) is 0. The van der Waals surface area contributed by atoms with Crippen LogP contribution in [0.3, 0.4) is 0 Å². The second-order valence-corrected chi connectivity index (χ2v) is 3.77. The standard InChI is InChI=1S/C7H3ClN2O2S/c8-5-1-2-9-7-4(5)3-6(13-7)10(11)12/h1-3H. The molecule has 6 heteroatoms. The van der Waals surface area contributed by atoms with Crippen molar-refractivity contribution < 1.29 is 4.92 Å². The first-order valence-corrected chi connectivity index (χ1v) is 4.56. The Morgan fingerprint density at radius 3 is 3.00 bits per heavy atom. The Labute approximate surface area is 81.9 Å². The first kappa shape index (κ1) is 8.40. The van der Waals surface area contributed by atoms with Crippen molar-refractivity contribution in [2.45, 2.75) is 0 Å². The van der Waals surface area contributed by atoms with Crippen molar-refractivity contribution in [1.29, 1.82) is 0 Å². The van der Waals surface area contributed by atoms with E-state index in [1.807, 2.05) is 0 Å². The van der Waals surface area contributed by atoms with E-state index in [0.717, 1.165) is 11.3 Å². The molecule has 0 N–H and O–H groups in total. The minimum Gasteiger partial charge on any atom is -0.258 e. The van der Waals surface area contributed by atoms with Crippen molar-refractivity contribution in [3.63, 3.8) is 0 Å². The molecule has 0 aliphatic carbocycles. The van der Waals surface area contributed by atoms with E-state index >= 15 is 0 Å². The summed E-state index contributed by atoms with van der Waals surface area (Å²) in [6, 6.07) is 3.05. The number of nitrogens with zero attached hydrogens (tertiary/aromatic N) is 2. The van der Waals surface area contributed by atoms with Crippen LogP contribution in [0.5, 0.6) is 0 Å². The van der Waals surface area contributed by atoms with Crippen molar-refractivity contribution in [2.24, 2.45) is 0 Å². The fraction of sp³-hybridized carbons (Fsp3) is 0. The molecule has 2 aromatic rings. The van der Waals surface area contributed by atoms with Gasteiger partial charge in [0.05, 0.1) is 9.95 Å². The van der Waals surface area contributed by atoms with E-state index in [1.54, 1.807) is 6.07 Å². The number of nitro groups is 1. The average molecular weight is 215 g/mol. The zero-order valence-electron chi connectivity index (χ0n) is 6.23. The molecule has 0 spiro atoms. The third-order valence-electron chi connectivity index (χ3n) is 1.55. The lowest BCUT2D eigenvalue weighted by atomic mass is 10.3. The lowest BCUT2D eigenvalue weighted by Crippen LogP contribution is -1.80. The quantitative estimate of drug-likeness (QED) is 0.542. The fourth-order valence-corrected chi connectivity index (χ4v) is 2.08. The maximum Gasteiger partial charge on any atom is 0.326 e. The summed E-state index contributed by atoms with van der Waals surface area (Å²) >= 11 is 6.84. The number of halogens is 1. The second-order valence-electron chi connectivity index (χ2n) is 2.35. The predicted octanol–water partition coefficient (Wildman–Crippen LogP) is 2.86. The zero-order chi connectivity index (χ0) is 9.42. The number of fused-ring (bicyclic) bond motifs is 1. The molecule has 0 saturated heterocycles. The summed E-state index contributed by atoms with van der Waals surface area (Å²) < 4.78 is 0. The van der Waals surface area contributed by atoms with Crippen LogP contribution in [0.2, 0.25) is 5.02 Å². The molecule has 0 amide bonds. The van der Waals surface area contributed by atoms with Crippen molar-refractivity contribution in [1.82, 2.24) is 4.98 Å². The van der Waals surface area contributed by atoms with E-state index < -0.39 is 4.92 Å². The molecule has 4 nitrogen and oxygen atoms in total. The molecule has 0 radical (unpaired) electrons. The molecule has 2 heterocycles. The minimum atomic E-state index is -0.442.